The number of benzene rings is 1. The van der Waals surface area contributed by atoms with Gasteiger partial charge in [0, 0.05) is 30.7 Å². The smallest absolute Gasteiger partial charge is 0.195 e. The second-order valence-electron chi connectivity index (χ2n) is 8.35. The highest BCUT2D eigenvalue weighted by molar-refractivity contribution is 8.03. The van der Waals surface area contributed by atoms with E-state index >= 15 is 0 Å². The number of hydrogen-bond donors (Lipinski definition) is 4. The second kappa shape index (κ2) is 10.0. The van der Waals surface area contributed by atoms with Crippen LogP contribution in [0.1, 0.15) is 24.0 Å². The first-order valence-electron chi connectivity index (χ1n) is 10.8. The van der Waals surface area contributed by atoms with Gasteiger partial charge in [0.15, 0.2) is 5.96 Å². The molecule has 32 heavy (non-hydrogen) atoms. The Labute approximate surface area is 197 Å². The highest BCUT2D eigenvalue weighted by Crippen LogP contribution is 2.44. The van der Waals surface area contributed by atoms with Crippen LogP contribution in [0.2, 0.25) is 5.02 Å². The summed E-state index contributed by atoms with van der Waals surface area (Å²) in [7, 11) is 0. The van der Waals surface area contributed by atoms with Gasteiger partial charge in [-0.25, -0.2) is 9.98 Å². The molecule has 0 amide bonds. The third-order valence-corrected chi connectivity index (χ3v) is 7.60. The zero-order valence-electron chi connectivity index (χ0n) is 17.9. The Bertz CT molecular complexity index is 992. The number of aromatic nitrogens is 1. The van der Waals surface area contributed by atoms with Crippen molar-refractivity contribution in [3.63, 3.8) is 0 Å². The molecule has 1 aliphatic heterocycles. The molecule has 2 aromatic rings. The standard InChI is InChI=1S/C23H29ClN6OS/c24-20-18(5-8-27-21(20)28-9-12-31)32-19(25)15-29-22(26)30-10-6-23(7-11-30)13-16-3-1-2-4-17(16)14-23/h1-5,8,15,31H,6-7,9-14,25H2,(H2,26,29)(H,27,28)/b19-15+. The minimum Gasteiger partial charge on any atom is -0.395 e. The van der Waals surface area contributed by atoms with E-state index in [4.69, 9.17) is 28.2 Å². The molecule has 1 aliphatic carbocycles. The number of likely N-dealkylation sites (tertiary alicyclic amines) is 1. The van der Waals surface area contributed by atoms with E-state index in [0.717, 1.165) is 30.8 Å². The lowest BCUT2D eigenvalue weighted by Gasteiger charge is -2.39. The van der Waals surface area contributed by atoms with Crippen molar-refractivity contribution in [1.29, 1.82) is 0 Å². The van der Waals surface area contributed by atoms with Crippen molar-refractivity contribution in [2.75, 3.05) is 31.6 Å². The molecule has 1 aromatic carbocycles. The van der Waals surface area contributed by atoms with Crippen LogP contribution in [-0.4, -0.2) is 47.2 Å². The summed E-state index contributed by atoms with van der Waals surface area (Å²) in [6.45, 7) is 2.17. The van der Waals surface area contributed by atoms with Crippen LogP contribution >= 0.6 is 23.4 Å². The molecule has 170 valence electrons. The molecule has 0 unspecified atom stereocenters. The van der Waals surface area contributed by atoms with E-state index in [9.17, 15) is 0 Å². The summed E-state index contributed by atoms with van der Waals surface area (Å²) in [5, 5.41) is 12.9. The maximum atomic E-state index is 8.97. The van der Waals surface area contributed by atoms with Gasteiger partial charge in [-0.2, -0.15) is 0 Å². The number of hydrogen-bond acceptors (Lipinski definition) is 6. The largest absolute Gasteiger partial charge is 0.395 e. The minimum absolute atomic E-state index is 0.00400. The van der Waals surface area contributed by atoms with Crippen LogP contribution in [0.25, 0.3) is 0 Å². The van der Waals surface area contributed by atoms with Crippen LogP contribution in [0.15, 0.2) is 57.6 Å². The first kappa shape index (κ1) is 22.8. The Morgan fingerprint density at radius 3 is 2.56 bits per heavy atom. The molecule has 2 heterocycles. The lowest BCUT2D eigenvalue weighted by Crippen LogP contribution is -2.46. The van der Waals surface area contributed by atoms with Crippen molar-refractivity contribution in [3.05, 3.63) is 63.9 Å². The number of fused-ring (bicyclic) bond motifs is 1. The molecule has 1 aromatic heterocycles. The first-order valence-corrected chi connectivity index (χ1v) is 12.0. The van der Waals surface area contributed by atoms with Crippen LogP contribution in [0, 0.1) is 5.41 Å². The van der Waals surface area contributed by atoms with Gasteiger partial charge in [-0.15, -0.1) is 0 Å². The molecular formula is C23H29ClN6OS. The zero-order valence-corrected chi connectivity index (χ0v) is 19.5. The molecule has 1 saturated heterocycles. The lowest BCUT2D eigenvalue weighted by molar-refractivity contribution is 0.157. The van der Waals surface area contributed by atoms with Crippen LogP contribution < -0.4 is 16.8 Å². The quantitative estimate of drug-likeness (QED) is 0.290. The molecule has 7 nitrogen and oxygen atoms in total. The van der Waals surface area contributed by atoms with Crippen LogP contribution in [0.4, 0.5) is 5.82 Å². The maximum absolute atomic E-state index is 8.97. The van der Waals surface area contributed by atoms with Gasteiger partial charge in [-0.05, 0) is 48.3 Å². The van der Waals surface area contributed by atoms with Crippen molar-refractivity contribution in [1.82, 2.24) is 9.88 Å². The highest BCUT2D eigenvalue weighted by atomic mass is 35.5. The van der Waals surface area contributed by atoms with Gasteiger partial charge in [0.05, 0.1) is 22.9 Å². The van der Waals surface area contributed by atoms with Crippen molar-refractivity contribution >= 4 is 35.1 Å². The number of piperidine rings is 1. The van der Waals surface area contributed by atoms with Gasteiger partial charge < -0.3 is 26.8 Å². The van der Waals surface area contributed by atoms with Gasteiger partial charge in [-0.3, -0.25) is 0 Å². The molecule has 0 bridgehead atoms. The summed E-state index contributed by atoms with van der Waals surface area (Å²) in [4.78, 5) is 11.5. The molecule has 1 spiro atoms. The molecular weight excluding hydrogens is 444 g/mol. The fraction of sp³-hybridized carbons (Fsp3) is 0.391. The van der Waals surface area contributed by atoms with E-state index in [0.29, 0.717) is 33.8 Å². The number of nitrogens with two attached hydrogens (primary N) is 2. The Hall–Kier alpha value is -2.42. The average Bonchev–Trinajstić information content (AvgIpc) is 3.16. The molecule has 9 heteroatoms. The topological polar surface area (TPSA) is 113 Å². The summed E-state index contributed by atoms with van der Waals surface area (Å²) in [6, 6.07) is 10.6. The Morgan fingerprint density at radius 2 is 1.91 bits per heavy atom. The predicted molar refractivity (Wildman–Crippen MR) is 132 cm³/mol. The summed E-state index contributed by atoms with van der Waals surface area (Å²) < 4.78 is 0. The number of thioether (sulfide) groups is 1. The number of nitrogens with zero attached hydrogens (tertiary/aromatic N) is 3. The van der Waals surface area contributed by atoms with E-state index in [2.05, 4.69) is 44.5 Å². The lowest BCUT2D eigenvalue weighted by atomic mass is 9.76. The minimum atomic E-state index is -0.00400. The average molecular weight is 473 g/mol. The number of rotatable bonds is 6. The number of aliphatic hydroxyl groups is 1. The van der Waals surface area contributed by atoms with Gasteiger partial charge in [-0.1, -0.05) is 47.6 Å². The van der Waals surface area contributed by atoms with E-state index in [1.807, 2.05) is 0 Å². The molecule has 0 radical (unpaired) electrons. The van der Waals surface area contributed by atoms with Gasteiger partial charge in [0.25, 0.3) is 0 Å². The van der Waals surface area contributed by atoms with Gasteiger partial charge in [0.2, 0.25) is 0 Å². The number of guanidine groups is 1. The summed E-state index contributed by atoms with van der Waals surface area (Å²) in [6.07, 6.45) is 7.78. The fourth-order valence-electron chi connectivity index (χ4n) is 4.50. The maximum Gasteiger partial charge on any atom is 0.195 e. The number of aliphatic hydroxyl groups excluding tert-OH is 1. The summed E-state index contributed by atoms with van der Waals surface area (Å²) in [5.41, 5.74) is 15.8. The monoisotopic (exact) mass is 472 g/mol. The number of halogens is 1. The number of aliphatic imine (C=N–C) groups is 1. The van der Waals surface area contributed by atoms with Gasteiger partial charge in [0.1, 0.15) is 5.82 Å². The Morgan fingerprint density at radius 1 is 1.22 bits per heavy atom. The number of pyridine rings is 1. The van der Waals surface area contributed by atoms with Crippen LogP contribution in [0.3, 0.4) is 0 Å². The van der Waals surface area contributed by atoms with E-state index in [1.165, 1.54) is 35.7 Å². The second-order valence-corrected chi connectivity index (χ2v) is 9.85. The predicted octanol–water partition coefficient (Wildman–Crippen LogP) is 3.18. The molecule has 0 saturated carbocycles. The SMILES string of the molecule is NC(=N/C=C(\N)Sc1ccnc(NCCO)c1Cl)N1CCC2(CC1)Cc1ccccc1C2. The fourth-order valence-corrected chi connectivity index (χ4v) is 5.47. The Balaban J connectivity index is 1.34. The molecule has 4 rings (SSSR count). The van der Waals surface area contributed by atoms with Crippen molar-refractivity contribution < 1.29 is 5.11 Å². The summed E-state index contributed by atoms with van der Waals surface area (Å²) >= 11 is 7.68. The molecule has 0 atom stereocenters. The highest BCUT2D eigenvalue weighted by Gasteiger charge is 2.39. The van der Waals surface area contributed by atoms with E-state index in [1.54, 1.807) is 18.5 Å². The normalized spacial score (nSPS) is 18.1. The summed E-state index contributed by atoms with van der Waals surface area (Å²) in [5.74, 6) is 1.00. The molecule has 6 N–H and O–H groups in total. The van der Waals surface area contributed by atoms with E-state index < -0.39 is 0 Å². The van der Waals surface area contributed by atoms with Crippen molar-refractivity contribution in [2.45, 2.75) is 30.6 Å². The molecule has 2 aliphatic rings. The van der Waals surface area contributed by atoms with Crippen molar-refractivity contribution in [2.24, 2.45) is 21.9 Å². The first-order chi connectivity index (χ1) is 15.5. The van der Waals surface area contributed by atoms with E-state index in [-0.39, 0.29) is 6.61 Å². The van der Waals surface area contributed by atoms with Crippen molar-refractivity contribution in [3.8, 4) is 0 Å². The van der Waals surface area contributed by atoms with Crippen LogP contribution in [-0.2, 0) is 12.8 Å². The van der Waals surface area contributed by atoms with Gasteiger partial charge >= 0.3 is 0 Å². The Kier molecular flexibility index (Phi) is 7.13. The van der Waals surface area contributed by atoms with Crippen LogP contribution in [0.5, 0.6) is 0 Å². The number of anilines is 1. The number of nitrogens with one attached hydrogen (secondary N) is 1. The molecule has 1 fully saturated rings. The zero-order chi connectivity index (χ0) is 22.6. The third-order valence-electron chi connectivity index (χ3n) is 6.21. The third kappa shape index (κ3) is 5.14.